The zero-order valence-electron chi connectivity index (χ0n) is 12.3. The Balaban J connectivity index is 1.67. The van der Waals surface area contributed by atoms with Crippen LogP contribution in [0.15, 0.2) is 42.5 Å². The van der Waals surface area contributed by atoms with Crippen molar-refractivity contribution < 1.29 is 9.18 Å². The lowest BCUT2D eigenvalue weighted by molar-refractivity contribution is 0.0747. The van der Waals surface area contributed by atoms with E-state index in [1.807, 2.05) is 0 Å². The number of amides is 1. The molecule has 0 atom stereocenters. The molecule has 2 aromatic carbocycles. The lowest BCUT2D eigenvalue weighted by Gasteiger charge is -2.36. The van der Waals surface area contributed by atoms with E-state index < -0.39 is 5.82 Å². The summed E-state index contributed by atoms with van der Waals surface area (Å²) in [5.41, 5.74) is 1.38. The molecule has 1 amide bonds. The molecule has 1 aliphatic heterocycles. The van der Waals surface area contributed by atoms with Gasteiger partial charge in [0.15, 0.2) is 0 Å². The summed E-state index contributed by atoms with van der Waals surface area (Å²) in [7, 11) is 0. The number of benzene rings is 2. The van der Waals surface area contributed by atoms with E-state index in [4.69, 9.17) is 23.2 Å². The molecule has 0 radical (unpaired) electrons. The minimum absolute atomic E-state index is 0.0626. The molecular weight excluding hydrogens is 338 g/mol. The van der Waals surface area contributed by atoms with E-state index in [1.165, 1.54) is 6.07 Å². The van der Waals surface area contributed by atoms with E-state index in [2.05, 4.69) is 4.90 Å². The Labute approximate surface area is 144 Å². The lowest BCUT2D eigenvalue weighted by atomic mass is 10.1. The molecule has 6 heteroatoms. The summed E-state index contributed by atoms with van der Waals surface area (Å²) < 4.78 is 13.2. The van der Waals surface area contributed by atoms with Gasteiger partial charge in [-0.05, 0) is 30.3 Å². The molecular formula is C17H15Cl2FN2O. The Hall–Kier alpha value is -1.78. The highest BCUT2D eigenvalue weighted by Crippen LogP contribution is 2.24. The first kappa shape index (κ1) is 16.1. The first-order valence-electron chi connectivity index (χ1n) is 7.30. The predicted octanol–water partition coefficient (Wildman–Crippen LogP) is 4.09. The van der Waals surface area contributed by atoms with E-state index in [0.29, 0.717) is 36.8 Å². The van der Waals surface area contributed by atoms with Crippen LogP contribution >= 0.6 is 23.2 Å². The first-order valence-corrected chi connectivity index (χ1v) is 8.05. The highest BCUT2D eigenvalue weighted by Gasteiger charge is 2.23. The minimum Gasteiger partial charge on any atom is -0.368 e. The van der Waals surface area contributed by atoms with Crippen LogP contribution in [0.3, 0.4) is 0 Å². The number of hydrogen-bond donors (Lipinski definition) is 0. The van der Waals surface area contributed by atoms with Crippen molar-refractivity contribution in [2.24, 2.45) is 0 Å². The molecule has 0 unspecified atom stereocenters. The fraction of sp³-hybridized carbons (Fsp3) is 0.235. The zero-order valence-corrected chi connectivity index (χ0v) is 13.8. The Bertz CT molecular complexity index is 730. The molecule has 0 spiro atoms. The van der Waals surface area contributed by atoms with Gasteiger partial charge in [-0.15, -0.1) is 0 Å². The van der Waals surface area contributed by atoms with Gasteiger partial charge in [0, 0.05) is 31.9 Å². The summed E-state index contributed by atoms with van der Waals surface area (Å²) in [5, 5.41) is 0.572. The van der Waals surface area contributed by atoms with Crippen molar-refractivity contribution in [3.8, 4) is 0 Å². The summed E-state index contributed by atoms with van der Waals surface area (Å²) in [6.07, 6.45) is 0. The van der Waals surface area contributed by atoms with E-state index in [0.717, 1.165) is 5.69 Å². The SMILES string of the molecule is O=C(c1ccccc1Cl)N1CCN(c2ccc(F)c(Cl)c2)CC1. The van der Waals surface area contributed by atoms with Crippen LogP contribution in [-0.2, 0) is 0 Å². The molecule has 1 fully saturated rings. The Morgan fingerprint density at radius 3 is 2.30 bits per heavy atom. The van der Waals surface area contributed by atoms with Gasteiger partial charge >= 0.3 is 0 Å². The number of piperazine rings is 1. The smallest absolute Gasteiger partial charge is 0.255 e. The average Bonchev–Trinajstić information content (AvgIpc) is 2.57. The van der Waals surface area contributed by atoms with Crippen molar-refractivity contribution in [1.29, 1.82) is 0 Å². The highest BCUT2D eigenvalue weighted by molar-refractivity contribution is 6.33. The minimum atomic E-state index is -0.428. The van der Waals surface area contributed by atoms with Crippen LogP contribution in [0.4, 0.5) is 10.1 Å². The average molecular weight is 353 g/mol. The van der Waals surface area contributed by atoms with E-state index in [-0.39, 0.29) is 10.9 Å². The number of anilines is 1. The van der Waals surface area contributed by atoms with Crippen LogP contribution in [0.1, 0.15) is 10.4 Å². The van der Waals surface area contributed by atoms with E-state index in [1.54, 1.807) is 41.3 Å². The quantitative estimate of drug-likeness (QED) is 0.812. The van der Waals surface area contributed by atoms with Gasteiger partial charge in [0.25, 0.3) is 5.91 Å². The third-order valence-electron chi connectivity index (χ3n) is 3.94. The largest absolute Gasteiger partial charge is 0.368 e. The number of carbonyl (C=O) groups excluding carboxylic acids is 1. The van der Waals surface area contributed by atoms with E-state index >= 15 is 0 Å². The molecule has 120 valence electrons. The molecule has 3 nitrogen and oxygen atoms in total. The topological polar surface area (TPSA) is 23.6 Å². The number of halogens is 3. The Kier molecular flexibility index (Phi) is 4.74. The van der Waals surface area contributed by atoms with Crippen molar-refractivity contribution in [3.05, 3.63) is 63.9 Å². The molecule has 3 rings (SSSR count). The number of rotatable bonds is 2. The second kappa shape index (κ2) is 6.77. The van der Waals surface area contributed by atoms with Gasteiger partial charge in [-0.3, -0.25) is 4.79 Å². The molecule has 0 saturated carbocycles. The van der Waals surface area contributed by atoms with Crippen LogP contribution in [0.2, 0.25) is 10.0 Å². The summed E-state index contributed by atoms with van der Waals surface area (Å²) >= 11 is 11.9. The third-order valence-corrected chi connectivity index (χ3v) is 4.56. The maximum Gasteiger partial charge on any atom is 0.255 e. The fourth-order valence-electron chi connectivity index (χ4n) is 2.65. The summed E-state index contributed by atoms with van der Waals surface area (Å²) in [6, 6.07) is 11.7. The Morgan fingerprint density at radius 1 is 0.957 bits per heavy atom. The van der Waals surface area contributed by atoms with Gasteiger partial charge in [-0.2, -0.15) is 0 Å². The normalized spacial score (nSPS) is 14.9. The van der Waals surface area contributed by atoms with Crippen LogP contribution in [-0.4, -0.2) is 37.0 Å². The second-order valence-electron chi connectivity index (χ2n) is 5.36. The molecule has 0 bridgehead atoms. The molecule has 23 heavy (non-hydrogen) atoms. The van der Waals surface area contributed by atoms with Crippen molar-refractivity contribution in [3.63, 3.8) is 0 Å². The van der Waals surface area contributed by atoms with Crippen molar-refractivity contribution in [1.82, 2.24) is 4.90 Å². The lowest BCUT2D eigenvalue weighted by Crippen LogP contribution is -2.48. The standard InChI is InChI=1S/C17H15Cl2FN2O/c18-14-4-2-1-3-13(14)17(23)22-9-7-21(8-10-22)12-5-6-16(20)15(19)11-12/h1-6,11H,7-10H2. The molecule has 1 saturated heterocycles. The van der Waals surface area contributed by atoms with Crippen molar-refractivity contribution in [2.45, 2.75) is 0 Å². The van der Waals surface area contributed by atoms with Crippen LogP contribution < -0.4 is 4.90 Å². The second-order valence-corrected chi connectivity index (χ2v) is 6.17. The van der Waals surface area contributed by atoms with Gasteiger partial charge in [0.05, 0.1) is 15.6 Å². The monoisotopic (exact) mass is 352 g/mol. The Morgan fingerprint density at radius 2 is 1.65 bits per heavy atom. The van der Waals surface area contributed by atoms with Gasteiger partial charge in [0.1, 0.15) is 5.82 Å². The van der Waals surface area contributed by atoms with E-state index in [9.17, 15) is 9.18 Å². The number of hydrogen-bond acceptors (Lipinski definition) is 2. The maximum atomic E-state index is 13.2. The summed E-state index contributed by atoms with van der Waals surface area (Å²) in [4.78, 5) is 16.4. The van der Waals surface area contributed by atoms with Crippen LogP contribution in [0.25, 0.3) is 0 Å². The van der Waals surface area contributed by atoms with Crippen LogP contribution in [0.5, 0.6) is 0 Å². The van der Waals surface area contributed by atoms with Crippen LogP contribution in [0, 0.1) is 5.82 Å². The molecule has 1 aliphatic rings. The molecule has 0 aliphatic carbocycles. The first-order chi connectivity index (χ1) is 11.1. The molecule has 2 aromatic rings. The zero-order chi connectivity index (χ0) is 16.4. The van der Waals surface area contributed by atoms with Gasteiger partial charge in [-0.25, -0.2) is 4.39 Å². The van der Waals surface area contributed by atoms with Gasteiger partial charge < -0.3 is 9.80 Å². The third kappa shape index (κ3) is 3.43. The highest BCUT2D eigenvalue weighted by atomic mass is 35.5. The summed E-state index contributed by atoms with van der Waals surface area (Å²) in [5.74, 6) is -0.490. The van der Waals surface area contributed by atoms with Gasteiger partial charge in [-0.1, -0.05) is 35.3 Å². The van der Waals surface area contributed by atoms with Crippen molar-refractivity contribution >= 4 is 34.8 Å². The fourth-order valence-corrected chi connectivity index (χ4v) is 3.05. The number of nitrogens with zero attached hydrogens (tertiary/aromatic N) is 2. The summed E-state index contributed by atoms with van der Waals surface area (Å²) in [6.45, 7) is 2.49. The predicted molar refractivity (Wildman–Crippen MR) is 91.0 cm³/mol. The molecule has 0 aromatic heterocycles. The molecule has 1 heterocycles. The maximum absolute atomic E-state index is 13.2. The number of carbonyl (C=O) groups is 1. The van der Waals surface area contributed by atoms with Crippen molar-refractivity contribution in [2.75, 3.05) is 31.1 Å². The van der Waals surface area contributed by atoms with Gasteiger partial charge in [0.2, 0.25) is 0 Å². The molecule has 0 N–H and O–H groups in total.